The zero-order valence-corrected chi connectivity index (χ0v) is 14.8. The van der Waals surface area contributed by atoms with Crippen molar-refractivity contribution in [2.24, 2.45) is 0 Å². The van der Waals surface area contributed by atoms with Crippen LogP contribution in [0.5, 0.6) is 0 Å². The minimum Gasteiger partial charge on any atom is -0.376 e. The van der Waals surface area contributed by atoms with E-state index in [1.165, 1.54) is 6.42 Å². The average Bonchev–Trinajstić information content (AvgIpc) is 3.24. The van der Waals surface area contributed by atoms with Gasteiger partial charge in [0.25, 0.3) is 5.91 Å². The first kappa shape index (κ1) is 17.4. The molecule has 0 aliphatic carbocycles. The van der Waals surface area contributed by atoms with E-state index in [-0.39, 0.29) is 18.1 Å². The van der Waals surface area contributed by atoms with E-state index in [2.05, 4.69) is 5.10 Å². The molecule has 0 radical (unpaired) electrons. The van der Waals surface area contributed by atoms with Crippen molar-refractivity contribution in [3.8, 4) is 0 Å². The summed E-state index contributed by atoms with van der Waals surface area (Å²) in [6.45, 7) is 6.81. The van der Waals surface area contributed by atoms with Crippen molar-refractivity contribution in [3.63, 3.8) is 0 Å². The molecule has 3 rings (SSSR count). The molecule has 2 aliphatic rings. The standard InChI is InChI=1S/C18H29N3O3/c1-14-10-19-20(11-14)12-16-6-3-4-8-21(16)18(22)15(2)24-13-17-7-5-9-23-17/h10-11,15-17H,3-9,12-13H2,1-2H3/t15-,16+,17+/m1/s1. The molecule has 2 aliphatic heterocycles. The molecule has 3 atom stereocenters. The fraction of sp³-hybridized carbons (Fsp3) is 0.778. The van der Waals surface area contributed by atoms with Crippen molar-refractivity contribution in [2.75, 3.05) is 19.8 Å². The highest BCUT2D eigenvalue weighted by Crippen LogP contribution is 2.21. The summed E-state index contributed by atoms with van der Waals surface area (Å²) in [5, 5.41) is 4.37. The van der Waals surface area contributed by atoms with Gasteiger partial charge < -0.3 is 14.4 Å². The summed E-state index contributed by atoms with van der Waals surface area (Å²) in [6.07, 6.45) is 9.04. The van der Waals surface area contributed by atoms with Gasteiger partial charge in [-0.15, -0.1) is 0 Å². The summed E-state index contributed by atoms with van der Waals surface area (Å²) in [4.78, 5) is 14.8. The predicted octanol–water partition coefficient (Wildman–Crippen LogP) is 2.16. The number of likely N-dealkylation sites (tertiary alicyclic amines) is 1. The van der Waals surface area contributed by atoms with Gasteiger partial charge in [0.05, 0.1) is 31.5 Å². The monoisotopic (exact) mass is 335 g/mol. The highest BCUT2D eigenvalue weighted by Gasteiger charge is 2.31. The third-order valence-corrected chi connectivity index (χ3v) is 4.97. The Labute approximate surface area is 144 Å². The summed E-state index contributed by atoms with van der Waals surface area (Å²) in [5.74, 6) is 0.0987. The number of rotatable bonds is 6. The lowest BCUT2D eigenvalue weighted by Crippen LogP contribution is -2.50. The lowest BCUT2D eigenvalue weighted by molar-refractivity contribution is -0.148. The highest BCUT2D eigenvalue weighted by atomic mass is 16.5. The van der Waals surface area contributed by atoms with E-state index in [1.807, 2.05) is 35.8 Å². The molecule has 0 unspecified atom stereocenters. The molecule has 0 aromatic carbocycles. The SMILES string of the molecule is Cc1cnn(C[C@@H]2CCCCN2C(=O)[C@@H](C)OC[C@@H]2CCCO2)c1. The Balaban J connectivity index is 1.55. The summed E-state index contributed by atoms with van der Waals surface area (Å²) in [6, 6.07) is 0.208. The first-order valence-electron chi connectivity index (χ1n) is 9.16. The van der Waals surface area contributed by atoms with Crippen LogP contribution in [0.3, 0.4) is 0 Å². The topological polar surface area (TPSA) is 56.6 Å². The first-order valence-corrected chi connectivity index (χ1v) is 9.16. The molecule has 1 aromatic heterocycles. The van der Waals surface area contributed by atoms with Crippen LogP contribution in [0.25, 0.3) is 0 Å². The number of piperidine rings is 1. The van der Waals surface area contributed by atoms with Gasteiger partial charge in [0.1, 0.15) is 6.10 Å². The molecule has 24 heavy (non-hydrogen) atoms. The quantitative estimate of drug-likeness (QED) is 0.799. The van der Waals surface area contributed by atoms with Gasteiger partial charge in [-0.2, -0.15) is 5.10 Å². The van der Waals surface area contributed by atoms with Gasteiger partial charge in [-0.05, 0) is 51.5 Å². The molecular weight excluding hydrogens is 306 g/mol. The number of aryl methyl sites for hydroxylation is 1. The second-order valence-electron chi connectivity index (χ2n) is 7.03. The van der Waals surface area contributed by atoms with Crippen molar-refractivity contribution in [3.05, 3.63) is 18.0 Å². The van der Waals surface area contributed by atoms with Crippen LogP contribution in [-0.2, 0) is 20.8 Å². The Bertz CT molecular complexity index is 539. The zero-order valence-electron chi connectivity index (χ0n) is 14.8. The minimum atomic E-state index is -0.408. The van der Waals surface area contributed by atoms with Gasteiger partial charge in [0.15, 0.2) is 0 Å². The van der Waals surface area contributed by atoms with Crippen molar-refractivity contribution < 1.29 is 14.3 Å². The second-order valence-corrected chi connectivity index (χ2v) is 7.03. The van der Waals surface area contributed by atoms with Crippen LogP contribution in [0.15, 0.2) is 12.4 Å². The number of ether oxygens (including phenoxy) is 2. The second kappa shape index (κ2) is 8.12. The maximum atomic E-state index is 12.8. The maximum absolute atomic E-state index is 12.8. The molecule has 2 saturated heterocycles. The van der Waals surface area contributed by atoms with Crippen molar-refractivity contribution in [1.29, 1.82) is 0 Å². The number of aromatic nitrogens is 2. The molecular formula is C18H29N3O3. The molecule has 0 saturated carbocycles. The number of carbonyl (C=O) groups excluding carboxylic acids is 1. The summed E-state index contributed by atoms with van der Waals surface area (Å²) in [7, 11) is 0. The lowest BCUT2D eigenvalue weighted by atomic mass is 10.0. The van der Waals surface area contributed by atoms with Gasteiger partial charge in [0, 0.05) is 19.3 Å². The van der Waals surface area contributed by atoms with E-state index >= 15 is 0 Å². The zero-order chi connectivity index (χ0) is 16.9. The van der Waals surface area contributed by atoms with Crippen LogP contribution < -0.4 is 0 Å². The average molecular weight is 335 g/mol. The van der Waals surface area contributed by atoms with Crippen molar-refractivity contribution in [2.45, 2.75) is 70.7 Å². The molecule has 6 heteroatoms. The summed E-state index contributed by atoms with van der Waals surface area (Å²) in [5.41, 5.74) is 1.15. The largest absolute Gasteiger partial charge is 0.376 e. The van der Waals surface area contributed by atoms with E-state index in [0.717, 1.165) is 50.9 Å². The molecule has 1 amide bonds. The minimum absolute atomic E-state index is 0.0987. The molecule has 0 spiro atoms. The highest BCUT2D eigenvalue weighted by molar-refractivity contribution is 5.81. The smallest absolute Gasteiger partial charge is 0.251 e. The molecule has 3 heterocycles. The van der Waals surface area contributed by atoms with Crippen LogP contribution >= 0.6 is 0 Å². The van der Waals surface area contributed by atoms with Gasteiger partial charge in [0.2, 0.25) is 0 Å². The van der Waals surface area contributed by atoms with E-state index in [4.69, 9.17) is 9.47 Å². The van der Waals surface area contributed by atoms with E-state index < -0.39 is 6.10 Å². The fourth-order valence-corrected chi connectivity index (χ4v) is 3.60. The number of carbonyl (C=O) groups is 1. The molecule has 6 nitrogen and oxygen atoms in total. The Kier molecular flexibility index (Phi) is 5.89. The normalized spacial score (nSPS) is 25.8. The third-order valence-electron chi connectivity index (χ3n) is 4.97. The molecule has 1 aromatic rings. The van der Waals surface area contributed by atoms with Crippen LogP contribution in [0, 0.1) is 6.92 Å². The van der Waals surface area contributed by atoms with E-state index in [1.54, 1.807) is 0 Å². The molecule has 2 fully saturated rings. The van der Waals surface area contributed by atoms with E-state index in [9.17, 15) is 4.79 Å². The van der Waals surface area contributed by atoms with Crippen LogP contribution in [0.4, 0.5) is 0 Å². The Morgan fingerprint density at radius 1 is 1.42 bits per heavy atom. The predicted molar refractivity (Wildman–Crippen MR) is 90.7 cm³/mol. The summed E-state index contributed by atoms with van der Waals surface area (Å²) >= 11 is 0. The number of hydrogen-bond acceptors (Lipinski definition) is 4. The Morgan fingerprint density at radius 2 is 2.29 bits per heavy atom. The van der Waals surface area contributed by atoms with Crippen molar-refractivity contribution >= 4 is 5.91 Å². The van der Waals surface area contributed by atoms with Gasteiger partial charge in [-0.1, -0.05) is 0 Å². The van der Waals surface area contributed by atoms with E-state index in [0.29, 0.717) is 6.61 Å². The lowest BCUT2D eigenvalue weighted by Gasteiger charge is -2.37. The molecule has 0 bridgehead atoms. The maximum Gasteiger partial charge on any atom is 0.251 e. The molecule has 134 valence electrons. The Morgan fingerprint density at radius 3 is 3.00 bits per heavy atom. The van der Waals surface area contributed by atoms with Gasteiger partial charge in [-0.25, -0.2) is 0 Å². The Hall–Kier alpha value is -1.40. The van der Waals surface area contributed by atoms with Crippen LogP contribution in [0.2, 0.25) is 0 Å². The third kappa shape index (κ3) is 4.36. The van der Waals surface area contributed by atoms with Gasteiger partial charge in [-0.3, -0.25) is 9.48 Å². The van der Waals surface area contributed by atoms with Crippen LogP contribution in [-0.4, -0.2) is 58.6 Å². The first-order chi connectivity index (χ1) is 11.6. The number of nitrogens with zero attached hydrogens (tertiary/aromatic N) is 3. The number of amides is 1. The fourth-order valence-electron chi connectivity index (χ4n) is 3.60. The number of hydrogen-bond donors (Lipinski definition) is 0. The summed E-state index contributed by atoms with van der Waals surface area (Å²) < 4.78 is 13.3. The molecule has 0 N–H and O–H groups in total. The van der Waals surface area contributed by atoms with Gasteiger partial charge >= 0.3 is 0 Å². The van der Waals surface area contributed by atoms with Crippen LogP contribution in [0.1, 0.15) is 44.6 Å². The van der Waals surface area contributed by atoms with Crippen molar-refractivity contribution in [1.82, 2.24) is 14.7 Å².